The van der Waals surface area contributed by atoms with Gasteiger partial charge in [-0.2, -0.15) is 5.26 Å². The van der Waals surface area contributed by atoms with E-state index in [0.29, 0.717) is 22.4 Å². The molecule has 1 fully saturated rings. The highest BCUT2D eigenvalue weighted by molar-refractivity contribution is 6.06. The Morgan fingerprint density at radius 2 is 1.91 bits per heavy atom. The Kier molecular flexibility index (Phi) is 4.79. The number of benzene rings is 2. The summed E-state index contributed by atoms with van der Waals surface area (Å²) in [5.74, 6) is -2.41. The molecular formula is C26H19FN4O2. The van der Waals surface area contributed by atoms with Crippen molar-refractivity contribution < 1.29 is 14.0 Å². The molecule has 162 valence electrons. The summed E-state index contributed by atoms with van der Waals surface area (Å²) in [4.78, 5) is 32.9. The Morgan fingerprint density at radius 3 is 2.58 bits per heavy atom. The lowest BCUT2D eigenvalue weighted by atomic mass is 9.68. The third-order valence-corrected chi connectivity index (χ3v) is 6.56. The van der Waals surface area contributed by atoms with Gasteiger partial charge in [0.15, 0.2) is 11.2 Å². The van der Waals surface area contributed by atoms with Crippen LogP contribution in [0.15, 0.2) is 79.1 Å². The average molecular weight is 438 g/mol. The van der Waals surface area contributed by atoms with Crippen LogP contribution in [-0.4, -0.2) is 28.8 Å². The predicted molar refractivity (Wildman–Crippen MR) is 120 cm³/mol. The van der Waals surface area contributed by atoms with Crippen LogP contribution in [0.3, 0.4) is 0 Å². The van der Waals surface area contributed by atoms with Gasteiger partial charge in [0.2, 0.25) is 5.91 Å². The van der Waals surface area contributed by atoms with E-state index < -0.39 is 35.1 Å². The maximum absolute atomic E-state index is 14.0. The summed E-state index contributed by atoms with van der Waals surface area (Å²) in [5.41, 5.74) is 6.27. The van der Waals surface area contributed by atoms with Gasteiger partial charge in [-0.3, -0.25) is 14.6 Å². The molecule has 4 atom stereocenters. The summed E-state index contributed by atoms with van der Waals surface area (Å²) in [5, 5.41) is 10.4. The van der Waals surface area contributed by atoms with Crippen LogP contribution in [0.1, 0.15) is 27.4 Å². The third-order valence-electron chi connectivity index (χ3n) is 6.56. The van der Waals surface area contributed by atoms with Gasteiger partial charge in [-0.05, 0) is 29.8 Å². The largest absolute Gasteiger partial charge is 0.368 e. The molecule has 6 nitrogen and oxygen atoms in total. The van der Waals surface area contributed by atoms with Crippen LogP contribution in [0.2, 0.25) is 0 Å². The van der Waals surface area contributed by atoms with Crippen LogP contribution in [0.5, 0.6) is 0 Å². The number of nitrogens with zero attached hydrogens (tertiary/aromatic N) is 3. The maximum Gasteiger partial charge on any atom is 0.241 e. The Bertz CT molecular complexity index is 1320. The lowest BCUT2D eigenvalue weighted by Crippen LogP contribution is -2.49. The van der Waals surface area contributed by atoms with Crippen LogP contribution in [0, 0.1) is 22.6 Å². The molecule has 1 saturated heterocycles. The Morgan fingerprint density at radius 1 is 1.12 bits per heavy atom. The number of halogens is 1. The number of hydrogen-bond donors (Lipinski definition) is 1. The number of pyridine rings is 1. The van der Waals surface area contributed by atoms with E-state index in [9.17, 15) is 19.2 Å². The number of carbonyl (C=O) groups is 2. The predicted octanol–water partition coefficient (Wildman–Crippen LogP) is 3.47. The van der Waals surface area contributed by atoms with Gasteiger partial charge in [0, 0.05) is 35.1 Å². The normalized spacial score (nSPS) is 25.1. The van der Waals surface area contributed by atoms with E-state index in [0.717, 1.165) is 0 Å². The molecule has 0 bridgehead atoms. The summed E-state index contributed by atoms with van der Waals surface area (Å²) in [6, 6.07) is 16.8. The van der Waals surface area contributed by atoms with Gasteiger partial charge in [0.1, 0.15) is 11.9 Å². The Balaban J connectivity index is 1.81. The molecule has 7 heteroatoms. The monoisotopic (exact) mass is 438 g/mol. The fourth-order valence-corrected chi connectivity index (χ4v) is 5.16. The van der Waals surface area contributed by atoms with Crippen molar-refractivity contribution in [2.75, 3.05) is 4.90 Å². The van der Waals surface area contributed by atoms with Gasteiger partial charge in [0.25, 0.3) is 0 Å². The topological polar surface area (TPSA) is 100 Å². The number of nitriles is 1. The highest BCUT2D eigenvalue weighted by atomic mass is 19.1. The standard InChI is InChI=1S/C26H19FN4O2/c27-19-9-10-20-17(13-19)8-11-21-26(15-28,25(29)33)22(18-7-4-12-30-14-18)23(31(20)21)24(32)16-5-2-1-3-6-16/h1-14,21-23H,(H2,29,33)/t21-,22-,23+,26-/m1/s1. The summed E-state index contributed by atoms with van der Waals surface area (Å²) in [7, 11) is 0. The lowest BCUT2D eigenvalue weighted by molar-refractivity contribution is -0.125. The first kappa shape index (κ1) is 20.6. The molecule has 2 aliphatic rings. The van der Waals surface area contributed by atoms with Crippen molar-refractivity contribution in [2.45, 2.75) is 18.0 Å². The van der Waals surface area contributed by atoms with Crippen molar-refractivity contribution in [1.29, 1.82) is 5.26 Å². The van der Waals surface area contributed by atoms with Crippen molar-refractivity contribution in [3.63, 3.8) is 0 Å². The van der Waals surface area contributed by atoms with Crippen LogP contribution < -0.4 is 10.6 Å². The van der Waals surface area contributed by atoms with Crippen molar-refractivity contribution in [3.05, 3.63) is 102 Å². The fraction of sp³-hybridized carbons (Fsp3) is 0.154. The van der Waals surface area contributed by atoms with Crippen LogP contribution in [0.4, 0.5) is 10.1 Å². The van der Waals surface area contributed by atoms with Gasteiger partial charge in [0.05, 0.1) is 12.1 Å². The van der Waals surface area contributed by atoms with E-state index in [1.807, 2.05) is 0 Å². The number of hydrogen-bond acceptors (Lipinski definition) is 5. The average Bonchev–Trinajstić information content (AvgIpc) is 3.16. The number of ketones is 1. The number of rotatable bonds is 4. The van der Waals surface area contributed by atoms with Crippen molar-refractivity contribution in [1.82, 2.24) is 4.98 Å². The quantitative estimate of drug-likeness (QED) is 0.629. The van der Waals surface area contributed by atoms with Crippen molar-refractivity contribution in [2.24, 2.45) is 11.1 Å². The second kappa shape index (κ2) is 7.68. The zero-order valence-corrected chi connectivity index (χ0v) is 17.4. The molecule has 1 amide bonds. The van der Waals surface area contributed by atoms with Crippen molar-refractivity contribution in [3.8, 4) is 6.07 Å². The zero-order valence-electron chi connectivity index (χ0n) is 17.4. The number of aromatic nitrogens is 1. The summed E-state index contributed by atoms with van der Waals surface area (Å²) in [6.45, 7) is 0. The molecule has 2 aliphatic heterocycles. The highest BCUT2D eigenvalue weighted by Gasteiger charge is 2.65. The molecule has 2 N–H and O–H groups in total. The van der Waals surface area contributed by atoms with Crippen LogP contribution in [0.25, 0.3) is 6.08 Å². The minimum Gasteiger partial charge on any atom is -0.368 e. The fourth-order valence-electron chi connectivity index (χ4n) is 5.16. The molecule has 0 radical (unpaired) electrons. The van der Waals surface area contributed by atoms with E-state index in [-0.39, 0.29) is 5.78 Å². The SMILES string of the molecule is N#C[C@]1(C(N)=O)[C@H](c2cccnc2)[C@@H](C(=O)c2ccccc2)N2c3ccc(F)cc3C=C[C@@H]21. The summed E-state index contributed by atoms with van der Waals surface area (Å²) in [6.07, 6.45) is 6.47. The molecule has 3 heterocycles. The van der Waals surface area contributed by atoms with E-state index in [1.165, 1.54) is 12.1 Å². The highest BCUT2D eigenvalue weighted by Crippen LogP contribution is 2.55. The number of nitrogens with two attached hydrogens (primary N) is 1. The number of amides is 1. The third kappa shape index (κ3) is 2.95. The first-order chi connectivity index (χ1) is 16.0. The van der Waals surface area contributed by atoms with Gasteiger partial charge in [-0.25, -0.2) is 4.39 Å². The number of carbonyl (C=O) groups excluding carboxylic acids is 2. The number of Topliss-reactive ketones (excluding diaryl/α,β-unsaturated/α-hetero) is 1. The Hall–Kier alpha value is -4.31. The van der Waals surface area contributed by atoms with E-state index in [1.54, 1.807) is 78.0 Å². The van der Waals surface area contributed by atoms with Crippen molar-refractivity contribution >= 4 is 23.5 Å². The molecule has 0 aliphatic carbocycles. The van der Waals surface area contributed by atoms with Gasteiger partial charge in [-0.15, -0.1) is 0 Å². The molecule has 1 aromatic heterocycles. The molecular weight excluding hydrogens is 419 g/mol. The molecule has 2 aromatic carbocycles. The smallest absolute Gasteiger partial charge is 0.241 e. The van der Waals surface area contributed by atoms with Crippen LogP contribution in [-0.2, 0) is 4.79 Å². The number of fused-ring (bicyclic) bond motifs is 3. The van der Waals surface area contributed by atoms with E-state index in [2.05, 4.69) is 11.1 Å². The zero-order chi connectivity index (χ0) is 23.2. The second-order valence-electron chi connectivity index (χ2n) is 8.20. The lowest BCUT2D eigenvalue weighted by Gasteiger charge is -2.36. The summed E-state index contributed by atoms with van der Waals surface area (Å²) >= 11 is 0. The Labute approximate surface area is 189 Å². The van der Waals surface area contributed by atoms with Gasteiger partial charge < -0.3 is 10.6 Å². The minimum atomic E-state index is -1.75. The molecule has 0 unspecified atom stereocenters. The first-order valence-electron chi connectivity index (χ1n) is 10.5. The molecule has 33 heavy (non-hydrogen) atoms. The van der Waals surface area contributed by atoms with Crippen LogP contribution >= 0.6 is 0 Å². The van der Waals surface area contributed by atoms with E-state index >= 15 is 0 Å². The van der Waals surface area contributed by atoms with E-state index in [4.69, 9.17) is 5.73 Å². The molecule has 0 spiro atoms. The minimum absolute atomic E-state index is 0.265. The second-order valence-corrected chi connectivity index (χ2v) is 8.20. The van der Waals surface area contributed by atoms with Gasteiger partial charge in [-0.1, -0.05) is 48.6 Å². The molecule has 3 aromatic rings. The summed E-state index contributed by atoms with van der Waals surface area (Å²) < 4.78 is 14.0. The first-order valence-corrected chi connectivity index (χ1v) is 10.5. The maximum atomic E-state index is 14.0. The molecule has 0 saturated carbocycles. The number of primary amides is 1. The number of anilines is 1. The molecule has 5 rings (SSSR count). The van der Waals surface area contributed by atoms with Gasteiger partial charge >= 0.3 is 0 Å².